The number of aryl methyl sites for hydroxylation is 2. The van der Waals surface area contributed by atoms with Crippen molar-refractivity contribution in [3.8, 4) is 0 Å². The number of nitrogens with zero attached hydrogens (tertiary/aromatic N) is 1. The van der Waals surface area contributed by atoms with E-state index in [9.17, 15) is 4.79 Å². The molecule has 0 aliphatic rings. The Morgan fingerprint density at radius 3 is 2.67 bits per heavy atom. The van der Waals surface area contributed by atoms with Gasteiger partial charge in [-0.1, -0.05) is 12.1 Å². The third kappa shape index (κ3) is 5.38. The molecule has 1 unspecified atom stereocenters. The van der Waals surface area contributed by atoms with Crippen molar-refractivity contribution in [2.75, 3.05) is 13.2 Å². The molecule has 1 aromatic rings. The highest BCUT2D eigenvalue weighted by Gasteiger charge is 2.23. The minimum Gasteiger partial charge on any atom is -0.396 e. The molecule has 1 heterocycles. The Morgan fingerprint density at radius 1 is 1.43 bits per heavy atom. The minimum atomic E-state index is -0.361. The molecule has 0 spiro atoms. The Bertz CT molecular complexity index is 440. The SMILES string of the molecule is CCC(C)(CCO)NC(=O)NCCCc1c(C)noc1C. The van der Waals surface area contributed by atoms with Crippen molar-refractivity contribution in [3.05, 3.63) is 17.0 Å². The first-order chi connectivity index (χ1) is 9.91. The number of hydrogen-bond acceptors (Lipinski definition) is 4. The van der Waals surface area contributed by atoms with Gasteiger partial charge >= 0.3 is 6.03 Å². The van der Waals surface area contributed by atoms with Crippen LogP contribution in [0.15, 0.2) is 4.52 Å². The maximum Gasteiger partial charge on any atom is 0.315 e. The van der Waals surface area contributed by atoms with Gasteiger partial charge in [-0.05, 0) is 46.5 Å². The van der Waals surface area contributed by atoms with E-state index in [1.54, 1.807) is 0 Å². The van der Waals surface area contributed by atoms with E-state index in [1.165, 1.54) is 0 Å². The highest BCUT2D eigenvalue weighted by atomic mass is 16.5. The van der Waals surface area contributed by atoms with E-state index in [0.29, 0.717) is 13.0 Å². The molecule has 0 saturated carbocycles. The van der Waals surface area contributed by atoms with Crippen LogP contribution in [0.3, 0.4) is 0 Å². The average molecular weight is 297 g/mol. The molecule has 0 aromatic carbocycles. The van der Waals surface area contributed by atoms with Crippen LogP contribution in [0.5, 0.6) is 0 Å². The second-order valence-corrected chi connectivity index (χ2v) is 5.67. The van der Waals surface area contributed by atoms with E-state index in [1.807, 2.05) is 27.7 Å². The molecule has 1 aromatic heterocycles. The molecule has 1 atom stereocenters. The summed E-state index contributed by atoms with van der Waals surface area (Å²) >= 11 is 0. The predicted molar refractivity (Wildman–Crippen MR) is 81.2 cm³/mol. The Balaban J connectivity index is 2.31. The number of nitrogens with one attached hydrogen (secondary N) is 2. The van der Waals surface area contributed by atoms with Gasteiger partial charge in [0, 0.05) is 24.3 Å². The van der Waals surface area contributed by atoms with Crippen molar-refractivity contribution in [1.82, 2.24) is 15.8 Å². The van der Waals surface area contributed by atoms with E-state index in [2.05, 4.69) is 15.8 Å². The highest BCUT2D eigenvalue weighted by Crippen LogP contribution is 2.14. The fraction of sp³-hybridized carbons (Fsp3) is 0.733. The molecular weight excluding hydrogens is 270 g/mol. The summed E-state index contributed by atoms with van der Waals surface area (Å²) in [7, 11) is 0. The third-order valence-corrected chi connectivity index (χ3v) is 3.93. The Kier molecular flexibility index (Phi) is 6.68. The summed E-state index contributed by atoms with van der Waals surface area (Å²) in [5, 5.41) is 18.7. The lowest BCUT2D eigenvalue weighted by Crippen LogP contribution is -2.50. The largest absolute Gasteiger partial charge is 0.396 e. The smallest absolute Gasteiger partial charge is 0.315 e. The fourth-order valence-electron chi connectivity index (χ4n) is 2.22. The topological polar surface area (TPSA) is 87.4 Å². The summed E-state index contributed by atoms with van der Waals surface area (Å²) < 4.78 is 5.11. The molecule has 6 nitrogen and oxygen atoms in total. The van der Waals surface area contributed by atoms with Crippen LogP contribution in [0.4, 0.5) is 4.79 Å². The summed E-state index contributed by atoms with van der Waals surface area (Å²) in [6, 6.07) is -0.188. The normalized spacial score (nSPS) is 13.8. The molecule has 0 saturated heterocycles. The molecule has 0 aliphatic carbocycles. The summed E-state index contributed by atoms with van der Waals surface area (Å²) in [5.74, 6) is 0.846. The van der Waals surface area contributed by atoms with Gasteiger partial charge in [0.15, 0.2) is 0 Å². The molecule has 0 radical (unpaired) electrons. The quantitative estimate of drug-likeness (QED) is 0.641. The lowest BCUT2D eigenvalue weighted by atomic mass is 9.95. The van der Waals surface area contributed by atoms with E-state index >= 15 is 0 Å². The van der Waals surface area contributed by atoms with Crippen LogP contribution < -0.4 is 10.6 Å². The number of carbonyl (C=O) groups excluding carboxylic acids is 1. The van der Waals surface area contributed by atoms with Gasteiger partial charge < -0.3 is 20.3 Å². The summed E-state index contributed by atoms with van der Waals surface area (Å²) in [6.07, 6.45) is 3.00. The van der Waals surface area contributed by atoms with Gasteiger partial charge in [0.2, 0.25) is 0 Å². The van der Waals surface area contributed by atoms with Gasteiger partial charge in [-0.2, -0.15) is 0 Å². The van der Waals surface area contributed by atoms with Gasteiger partial charge in [0.25, 0.3) is 0 Å². The monoisotopic (exact) mass is 297 g/mol. The summed E-state index contributed by atoms with van der Waals surface area (Å²) in [6.45, 7) is 8.41. The average Bonchev–Trinajstić information content (AvgIpc) is 2.75. The van der Waals surface area contributed by atoms with Crippen LogP contribution >= 0.6 is 0 Å². The standard InChI is InChI=1S/C15H27N3O3/c1-5-15(4,8-10-19)17-14(20)16-9-6-7-13-11(2)18-21-12(13)3/h19H,5-10H2,1-4H3,(H2,16,17,20). The number of aromatic nitrogens is 1. The molecule has 120 valence electrons. The second-order valence-electron chi connectivity index (χ2n) is 5.67. The van der Waals surface area contributed by atoms with E-state index in [4.69, 9.17) is 9.63 Å². The Hall–Kier alpha value is -1.56. The van der Waals surface area contributed by atoms with E-state index < -0.39 is 0 Å². The number of rotatable bonds is 8. The van der Waals surface area contributed by atoms with Gasteiger partial charge in [-0.15, -0.1) is 0 Å². The van der Waals surface area contributed by atoms with Crippen LogP contribution in [0.25, 0.3) is 0 Å². The van der Waals surface area contributed by atoms with Crippen LogP contribution in [-0.2, 0) is 6.42 Å². The van der Waals surface area contributed by atoms with Crippen molar-refractivity contribution in [1.29, 1.82) is 0 Å². The number of urea groups is 1. The van der Waals surface area contributed by atoms with Crippen LogP contribution in [-0.4, -0.2) is 35.0 Å². The summed E-state index contributed by atoms with van der Waals surface area (Å²) in [4.78, 5) is 11.9. The zero-order chi connectivity index (χ0) is 15.9. The van der Waals surface area contributed by atoms with Crippen molar-refractivity contribution in [3.63, 3.8) is 0 Å². The first kappa shape index (κ1) is 17.5. The van der Waals surface area contributed by atoms with Crippen LogP contribution in [0, 0.1) is 13.8 Å². The molecule has 0 aliphatic heterocycles. The van der Waals surface area contributed by atoms with Gasteiger partial charge in [0.1, 0.15) is 5.76 Å². The van der Waals surface area contributed by atoms with Gasteiger partial charge in [-0.3, -0.25) is 0 Å². The van der Waals surface area contributed by atoms with Crippen LogP contribution in [0.1, 0.15) is 50.1 Å². The fourth-order valence-corrected chi connectivity index (χ4v) is 2.22. The first-order valence-electron chi connectivity index (χ1n) is 7.50. The van der Waals surface area contributed by atoms with Crippen molar-refractivity contribution >= 4 is 6.03 Å². The maximum absolute atomic E-state index is 11.9. The highest BCUT2D eigenvalue weighted by molar-refractivity contribution is 5.74. The third-order valence-electron chi connectivity index (χ3n) is 3.93. The number of carbonyl (C=O) groups is 1. The summed E-state index contributed by atoms with van der Waals surface area (Å²) in [5.41, 5.74) is 1.68. The molecule has 2 amide bonds. The van der Waals surface area contributed by atoms with Crippen LogP contribution in [0.2, 0.25) is 0 Å². The zero-order valence-electron chi connectivity index (χ0n) is 13.5. The van der Waals surface area contributed by atoms with E-state index in [0.717, 1.165) is 36.3 Å². The zero-order valence-corrected chi connectivity index (χ0v) is 13.5. The lowest BCUT2D eigenvalue weighted by Gasteiger charge is -2.29. The number of hydrogen-bond donors (Lipinski definition) is 3. The minimum absolute atomic E-state index is 0.0661. The number of aliphatic hydroxyl groups excluding tert-OH is 1. The van der Waals surface area contributed by atoms with Crippen molar-refractivity contribution in [2.24, 2.45) is 0 Å². The number of amides is 2. The molecule has 1 rings (SSSR count). The maximum atomic E-state index is 11.9. The van der Waals surface area contributed by atoms with Gasteiger partial charge in [0.05, 0.1) is 5.69 Å². The molecule has 21 heavy (non-hydrogen) atoms. The molecular formula is C15H27N3O3. The second kappa shape index (κ2) is 8.02. The van der Waals surface area contributed by atoms with Crippen molar-refractivity contribution in [2.45, 2.75) is 58.9 Å². The van der Waals surface area contributed by atoms with Gasteiger partial charge in [-0.25, -0.2) is 4.79 Å². The number of aliphatic hydroxyl groups is 1. The van der Waals surface area contributed by atoms with E-state index in [-0.39, 0.29) is 18.2 Å². The molecule has 0 bridgehead atoms. The lowest BCUT2D eigenvalue weighted by molar-refractivity contribution is 0.201. The predicted octanol–water partition coefficient (Wildman–Crippen LogP) is 2.07. The Morgan fingerprint density at radius 2 is 2.14 bits per heavy atom. The molecule has 0 fully saturated rings. The molecule has 6 heteroatoms. The van der Waals surface area contributed by atoms with Crippen molar-refractivity contribution < 1.29 is 14.4 Å². The molecule has 3 N–H and O–H groups in total. The Labute approximate surface area is 126 Å². The first-order valence-corrected chi connectivity index (χ1v) is 7.50.